The summed E-state index contributed by atoms with van der Waals surface area (Å²) in [6, 6.07) is 15.6. The molecule has 5 nitrogen and oxygen atoms in total. The van der Waals surface area contributed by atoms with E-state index < -0.39 is 0 Å². The van der Waals surface area contributed by atoms with Gasteiger partial charge in [-0.25, -0.2) is 4.98 Å². The highest BCUT2D eigenvalue weighted by Gasteiger charge is 2.25. The van der Waals surface area contributed by atoms with Crippen LogP contribution in [0, 0.1) is 0 Å². The smallest absolute Gasteiger partial charge is 0.263 e. The quantitative estimate of drug-likeness (QED) is 0.740. The molecule has 1 N–H and O–H groups in total. The number of hydrogen-bond donors (Lipinski definition) is 1. The number of thioether (sulfide) groups is 1. The van der Waals surface area contributed by atoms with Crippen LogP contribution in [0.1, 0.15) is 6.04 Å². The number of benzene rings is 2. The summed E-state index contributed by atoms with van der Waals surface area (Å²) in [6.45, 7) is 0.724. The standard InChI is InChI=1S/C18H17N3O2S/c1-23-13-6-8-14(9-7-13)24-11-12-10-19-18-20-16-5-3-2-4-15(16)17(22)21(12)18/h2-9,12H,10-11H2,1H3,(H,19,20)/t12-/m1/s1. The van der Waals surface area contributed by atoms with Gasteiger partial charge in [-0.3, -0.25) is 9.36 Å². The van der Waals surface area contributed by atoms with Gasteiger partial charge in [0.1, 0.15) is 5.75 Å². The van der Waals surface area contributed by atoms with E-state index in [0.717, 1.165) is 28.5 Å². The van der Waals surface area contributed by atoms with Gasteiger partial charge < -0.3 is 10.1 Å². The summed E-state index contributed by atoms with van der Waals surface area (Å²) < 4.78 is 6.97. The van der Waals surface area contributed by atoms with Gasteiger partial charge in [0, 0.05) is 17.2 Å². The molecule has 0 fully saturated rings. The molecule has 0 aliphatic carbocycles. The molecule has 4 rings (SSSR count). The first kappa shape index (κ1) is 15.1. The molecule has 0 amide bonds. The van der Waals surface area contributed by atoms with Crippen LogP contribution in [-0.4, -0.2) is 29.0 Å². The molecule has 6 heteroatoms. The number of hydrogen-bond acceptors (Lipinski definition) is 5. The lowest BCUT2D eigenvalue weighted by atomic mass is 10.2. The van der Waals surface area contributed by atoms with E-state index in [1.807, 2.05) is 48.5 Å². The average molecular weight is 339 g/mol. The molecule has 0 spiro atoms. The van der Waals surface area contributed by atoms with Crippen LogP contribution in [0.25, 0.3) is 10.9 Å². The van der Waals surface area contributed by atoms with Crippen LogP contribution in [0.4, 0.5) is 5.95 Å². The fraction of sp³-hybridized carbons (Fsp3) is 0.222. The highest BCUT2D eigenvalue weighted by molar-refractivity contribution is 7.99. The minimum atomic E-state index is 0.0286. The van der Waals surface area contributed by atoms with Crippen molar-refractivity contribution in [2.24, 2.45) is 0 Å². The topological polar surface area (TPSA) is 56.1 Å². The fourth-order valence-electron chi connectivity index (χ4n) is 2.91. The number of anilines is 1. The third-order valence-corrected chi connectivity index (χ3v) is 5.33. The maximum absolute atomic E-state index is 12.8. The Morgan fingerprint density at radius 2 is 2.04 bits per heavy atom. The first-order valence-corrected chi connectivity index (χ1v) is 8.77. The van der Waals surface area contributed by atoms with Crippen molar-refractivity contribution in [3.05, 3.63) is 58.9 Å². The van der Waals surface area contributed by atoms with Crippen LogP contribution in [0.2, 0.25) is 0 Å². The van der Waals surface area contributed by atoms with Gasteiger partial charge in [-0.1, -0.05) is 12.1 Å². The average Bonchev–Trinajstić information content (AvgIpc) is 3.04. The maximum Gasteiger partial charge on any atom is 0.263 e. The van der Waals surface area contributed by atoms with Crippen LogP contribution in [0.15, 0.2) is 58.2 Å². The van der Waals surface area contributed by atoms with Gasteiger partial charge in [0.05, 0.1) is 24.1 Å². The minimum absolute atomic E-state index is 0.0286. The number of methoxy groups -OCH3 is 1. The van der Waals surface area contributed by atoms with Gasteiger partial charge >= 0.3 is 0 Å². The monoisotopic (exact) mass is 339 g/mol. The lowest BCUT2D eigenvalue weighted by Crippen LogP contribution is -2.24. The van der Waals surface area contributed by atoms with Crippen molar-refractivity contribution in [3.63, 3.8) is 0 Å². The SMILES string of the molecule is COc1ccc(SC[C@H]2CNc3nc4ccccc4c(=O)n32)cc1. The van der Waals surface area contributed by atoms with E-state index in [-0.39, 0.29) is 11.6 Å². The minimum Gasteiger partial charge on any atom is -0.497 e. The summed E-state index contributed by atoms with van der Waals surface area (Å²) in [4.78, 5) is 18.5. The number of rotatable bonds is 4. The number of nitrogens with one attached hydrogen (secondary N) is 1. The molecule has 2 heterocycles. The van der Waals surface area contributed by atoms with Crippen molar-refractivity contribution in [2.75, 3.05) is 24.7 Å². The third-order valence-electron chi connectivity index (χ3n) is 4.17. The summed E-state index contributed by atoms with van der Waals surface area (Å²) in [5.41, 5.74) is 0.769. The van der Waals surface area contributed by atoms with Gasteiger partial charge in [0.2, 0.25) is 5.95 Å². The molecule has 1 atom stereocenters. The van der Waals surface area contributed by atoms with E-state index in [1.54, 1.807) is 23.4 Å². The molecular weight excluding hydrogens is 322 g/mol. The third kappa shape index (κ3) is 2.63. The summed E-state index contributed by atoms with van der Waals surface area (Å²) in [6.07, 6.45) is 0. The Balaban J connectivity index is 1.59. The second kappa shape index (κ2) is 6.20. The molecular formula is C18H17N3O2S. The summed E-state index contributed by atoms with van der Waals surface area (Å²) in [7, 11) is 1.66. The van der Waals surface area contributed by atoms with Gasteiger partial charge in [0.25, 0.3) is 5.56 Å². The molecule has 3 aromatic rings. The summed E-state index contributed by atoms with van der Waals surface area (Å²) in [5, 5.41) is 3.93. The Hall–Kier alpha value is -2.47. The number of aromatic nitrogens is 2. The summed E-state index contributed by atoms with van der Waals surface area (Å²) in [5.74, 6) is 2.32. The summed E-state index contributed by atoms with van der Waals surface area (Å²) >= 11 is 1.73. The van der Waals surface area contributed by atoms with Gasteiger partial charge in [-0.15, -0.1) is 11.8 Å². The molecule has 24 heavy (non-hydrogen) atoms. The van der Waals surface area contributed by atoms with Crippen molar-refractivity contribution in [1.29, 1.82) is 0 Å². The van der Waals surface area contributed by atoms with E-state index in [0.29, 0.717) is 11.3 Å². The van der Waals surface area contributed by atoms with E-state index in [1.165, 1.54) is 0 Å². The Kier molecular flexibility index (Phi) is 3.90. The first-order valence-electron chi connectivity index (χ1n) is 7.78. The molecule has 0 saturated carbocycles. The highest BCUT2D eigenvalue weighted by Crippen LogP contribution is 2.29. The zero-order valence-electron chi connectivity index (χ0n) is 13.2. The van der Waals surface area contributed by atoms with E-state index in [9.17, 15) is 4.79 Å². The lowest BCUT2D eigenvalue weighted by molar-refractivity contribution is 0.414. The normalized spacial score (nSPS) is 16.0. The van der Waals surface area contributed by atoms with Crippen LogP contribution < -0.4 is 15.6 Å². The van der Waals surface area contributed by atoms with Crippen LogP contribution in [0.5, 0.6) is 5.75 Å². The molecule has 0 unspecified atom stereocenters. The van der Waals surface area contributed by atoms with Gasteiger partial charge in [-0.05, 0) is 36.4 Å². The predicted molar refractivity (Wildman–Crippen MR) is 97.2 cm³/mol. The highest BCUT2D eigenvalue weighted by atomic mass is 32.2. The Morgan fingerprint density at radius 1 is 1.25 bits per heavy atom. The van der Waals surface area contributed by atoms with E-state index in [2.05, 4.69) is 10.3 Å². The lowest BCUT2D eigenvalue weighted by Gasteiger charge is -2.13. The number of nitrogens with zero attached hydrogens (tertiary/aromatic N) is 2. The van der Waals surface area contributed by atoms with Crippen molar-refractivity contribution in [1.82, 2.24) is 9.55 Å². The predicted octanol–water partition coefficient (Wildman–Crippen LogP) is 3.16. The second-order valence-corrected chi connectivity index (χ2v) is 6.74. The zero-order chi connectivity index (χ0) is 16.5. The van der Waals surface area contributed by atoms with Gasteiger partial charge in [0.15, 0.2) is 0 Å². The molecule has 0 radical (unpaired) electrons. The fourth-order valence-corrected chi connectivity index (χ4v) is 3.89. The molecule has 1 aliphatic rings. The van der Waals surface area contributed by atoms with Crippen molar-refractivity contribution < 1.29 is 4.74 Å². The Labute approximate surface area is 143 Å². The molecule has 122 valence electrons. The molecule has 0 saturated heterocycles. The molecule has 1 aliphatic heterocycles. The van der Waals surface area contributed by atoms with Crippen molar-refractivity contribution >= 4 is 28.6 Å². The van der Waals surface area contributed by atoms with Crippen LogP contribution >= 0.6 is 11.8 Å². The first-order chi connectivity index (χ1) is 11.8. The van der Waals surface area contributed by atoms with Crippen LogP contribution in [-0.2, 0) is 0 Å². The second-order valence-electron chi connectivity index (χ2n) is 5.65. The van der Waals surface area contributed by atoms with Crippen LogP contribution in [0.3, 0.4) is 0 Å². The van der Waals surface area contributed by atoms with Crippen molar-refractivity contribution in [2.45, 2.75) is 10.9 Å². The molecule has 2 aromatic carbocycles. The number of para-hydroxylation sites is 1. The Morgan fingerprint density at radius 3 is 2.83 bits per heavy atom. The maximum atomic E-state index is 12.8. The Bertz CT molecular complexity index is 937. The van der Waals surface area contributed by atoms with Crippen molar-refractivity contribution in [3.8, 4) is 5.75 Å². The number of ether oxygens (including phenoxy) is 1. The van der Waals surface area contributed by atoms with E-state index >= 15 is 0 Å². The van der Waals surface area contributed by atoms with E-state index in [4.69, 9.17) is 4.74 Å². The number of fused-ring (bicyclic) bond motifs is 2. The zero-order valence-corrected chi connectivity index (χ0v) is 14.0. The molecule has 1 aromatic heterocycles. The largest absolute Gasteiger partial charge is 0.497 e. The van der Waals surface area contributed by atoms with Gasteiger partial charge in [-0.2, -0.15) is 0 Å². The molecule has 0 bridgehead atoms.